The van der Waals surface area contributed by atoms with Gasteiger partial charge in [-0.2, -0.15) is 0 Å². The predicted molar refractivity (Wildman–Crippen MR) is 91.1 cm³/mol. The third-order valence-electron chi connectivity index (χ3n) is 5.20. The van der Waals surface area contributed by atoms with Gasteiger partial charge in [0.25, 0.3) is 0 Å². The Morgan fingerprint density at radius 3 is 1.43 bits per heavy atom. The lowest BCUT2D eigenvalue weighted by molar-refractivity contribution is -0.897. The van der Waals surface area contributed by atoms with E-state index in [1.165, 1.54) is 114 Å². The molecular weight excluding hydrogens is 369 g/mol. The summed E-state index contributed by atoms with van der Waals surface area (Å²) < 4.78 is 1.37. The van der Waals surface area contributed by atoms with Crippen molar-refractivity contribution in [3.05, 3.63) is 0 Å². The minimum atomic E-state index is 0. The monoisotopic (exact) mass is 409 g/mol. The molecule has 0 aromatic carbocycles. The van der Waals surface area contributed by atoms with Crippen molar-refractivity contribution in [2.24, 2.45) is 0 Å². The Morgan fingerprint density at radius 2 is 1.00 bits per heavy atom. The lowest BCUT2D eigenvalue weighted by Crippen LogP contribution is -3.00. The number of hydrogen-bond donors (Lipinski definition) is 0. The zero-order chi connectivity index (χ0) is 14.5. The smallest absolute Gasteiger partial charge is 0.0786 e. The predicted octanol–water partition coefficient (Wildman–Crippen LogP) is 2.93. The first kappa shape index (κ1) is 21.7. The van der Waals surface area contributed by atoms with E-state index in [0.29, 0.717) is 0 Å². The van der Waals surface area contributed by atoms with E-state index >= 15 is 0 Å². The van der Waals surface area contributed by atoms with Crippen molar-refractivity contribution < 1.29 is 28.5 Å². The Bertz CT molecular complexity index is 212. The van der Waals surface area contributed by atoms with Gasteiger partial charge in [-0.3, -0.25) is 0 Å². The summed E-state index contributed by atoms with van der Waals surface area (Å²) in [5.41, 5.74) is 0. The minimum Gasteiger partial charge on any atom is -1.00 e. The molecule has 1 fully saturated rings. The largest absolute Gasteiger partial charge is 1.00 e. The lowest BCUT2D eigenvalue weighted by Gasteiger charge is -2.29. The van der Waals surface area contributed by atoms with E-state index in [1.54, 1.807) is 0 Å². The van der Waals surface area contributed by atoms with E-state index in [1.807, 2.05) is 0 Å². The summed E-state index contributed by atoms with van der Waals surface area (Å²) in [7, 11) is 2.46. The minimum absolute atomic E-state index is 0. The van der Waals surface area contributed by atoms with Crippen LogP contribution in [0, 0.1) is 0 Å². The molecule has 0 amide bonds. The highest BCUT2D eigenvalue weighted by atomic mass is 127. The highest BCUT2D eigenvalue weighted by Crippen LogP contribution is 2.18. The summed E-state index contributed by atoms with van der Waals surface area (Å²) in [6, 6.07) is 0. The summed E-state index contributed by atoms with van der Waals surface area (Å²) in [5, 5.41) is 0. The molecule has 0 atom stereocenters. The molecule has 0 aliphatic carbocycles. The van der Waals surface area contributed by atoms with Gasteiger partial charge in [0.1, 0.15) is 0 Å². The van der Waals surface area contributed by atoms with Gasteiger partial charge in [-0.25, -0.2) is 0 Å². The number of halogens is 1. The van der Waals surface area contributed by atoms with E-state index in [-0.39, 0.29) is 24.0 Å². The van der Waals surface area contributed by atoms with Gasteiger partial charge in [0.15, 0.2) is 0 Å². The van der Waals surface area contributed by atoms with Crippen LogP contribution in [0.1, 0.15) is 96.8 Å². The number of rotatable bonds is 13. The standard InChI is InChI=1S/C19H40N.HI/c1-3-4-5-6-7-8-9-10-11-12-13-14-17-20(2)18-15-16-19-20;/h3-19H2,1-2H3;1H/q+1;/p-1. The SMILES string of the molecule is CCCCCCCCCCCCCC[N+]1(C)CCCC1.[I-]. The molecule has 2 heteroatoms. The molecule has 0 spiro atoms. The molecule has 0 saturated carbocycles. The molecule has 0 aromatic heterocycles. The first-order valence-electron chi connectivity index (χ1n) is 9.60. The fraction of sp³-hybridized carbons (Fsp3) is 1.00. The van der Waals surface area contributed by atoms with E-state index in [2.05, 4.69) is 14.0 Å². The van der Waals surface area contributed by atoms with Crippen LogP contribution >= 0.6 is 0 Å². The maximum Gasteiger partial charge on any atom is 0.0786 e. The van der Waals surface area contributed by atoms with Crippen LogP contribution in [0.4, 0.5) is 0 Å². The van der Waals surface area contributed by atoms with Crippen molar-refractivity contribution >= 4 is 0 Å². The molecule has 0 radical (unpaired) electrons. The topological polar surface area (TPSA) is 0 Å². The van der Waals surface area contributed by atoms with Crippen molar-refractivity contribution in [1.82, 2.24) is 0 Å². The van der Waals surface area contributed by atoms with Crippen LogP contribution in [0.15, 0.2) is 0 Å². The quantitative estimate of drug-likeness (QED) is 0.249. The zero-order valence-electron chi connectivity index (χ0n) is 14.8. The molecule has 21 heavy (non-hydrogen) atoms. The molecule has 1 nitrogen and oxygen atoms in total. The third-order valence-corrected chi connectivity index (χ3v) is 5.20. The van der Waals surface area contributed by atoms with Gasteiger partial charge in [-0.05, 0) is 12.8 Å². The second kappa shape index (κ2) is 14.3. The van der Waals surface area contributed by atoms with Crippen LogP contribution in [0.2, 0.25) is 0 Å². The van der Waals surface area contributed by atoms with Gasteiger partial charge in [-0.1, -0.05) is 71.1 Å². The highest BCUT2D eigenvalue weighted by molar-refractivity contribution is 4.53. The first-order chi connectivity index (χ1) is 9.77. The van der Waals surface area contributed by atoms with Crippen LogP contribution in [0.3, 0.4) is 0 Å². The Morgan fingerprint density at radius 1 is 0.619 bits per heavy atom. The summed E-state index contributed by atoms with van der Waals surface area (Å²) in [6.07, 6.45) is 20.5. The number of likely N-dealkylation sites (tertiary alicyclic amines) is 1. The molecule has 128 valence electrons. The average molecular weight is 409 g/mol. The average Bonchev–Trinajstić information content (AvgIpc) is 2.87. The number of unbranched alkanes of at least 4 members (excludes halogenated alkanes) is 11. The Balaban J connectivity index is 0.00000400. The van der Waals surface area contributed by atoms with Crippen molar-refractivity contribution in [3.63, 3.8) is 0 Å². The van der Waals surface area contributed by atoms with E-state index in [9.17, 15) is 0 Å². The number of hydrogen-bond acceptors (Lipinski definition) is 0. The molecule has 1 saturated heterocycles. The van der Waals surface area contributed by atoms with E-state index in [4.69, 9.17) is 0 Å². The molecule has 0 aromatic rings. The van der Waals surface area contributed by atoms with Crippen LogP contribution in [0.25, 0.3) is 0 Å². The molecular formula is C19H40IN. The fourth-order valence-electron chi connectivity index (χ4n) is 3.66. The van der Waals surface area contributed by atoms with Gasteiger partial charge >= 0.3 is 0 Å². The van der Waals surface area contributed by atoms with Gasteiger partial charge in [0.2, 0.25) is 0 Å². The van der Waals surface area contributed by atoms with E-state index < -0.39 is 0 Å². The molecule has 1 heterocycles. The maximum atomic E-state index is 2.46. The van der Waals surface area contributed by atoms with Crippen molar-refractivity contribution in [1.29, 1.82) is 0 Å². The molecule has 1 aliphatic heterocycles. The van der Waals surface area contributed by atoms with Crippen LogP contribution in [-0.4, -0.2) is 31.2 Å². The second-order valence-corrected chi connectivity index (χ2v) is 7.39. The summed E-state index contributed by atoms with van der Waals surface area (Å²) in [4.78, 5) is 0. The number of quaternary nitrogens is 1. The van der Waals surface area contributed by atoms with Crippen LogP contribution < -0.4 is 24.0 Å². The van der Waals surface area contributed by atoms with Crippen molar-refractivity contribution in [2.75, 3.05) is 26.7 Å². The number of nitrogens with zero attached hydrogens (tertiary/aromatic N) is 1. The third kappa shape index (κ3) is 11.9. The van der Waals surface area contributed by atoms with Crippen molar-refractivity contribution in [3.8, 4) is 0 Å². The fourth-order valence-corrected chi connectivity index (χ4v) is 3.66. The van der Waals surface area contributed by atoms with Gasteiger partial charge < -0.3 is 28.5 Å². The zero-order valence-corrected chi connectivity index (χ0v) is 17.0. The Hall–Kier alpha value is 0.690. The highest BCUT2D eigenvalue weighted by Gasteiger charge is 2.25. The van der Waals surface area contributed by atoms with E-state index in [0.717, 1.165) is 0 Å². The van der Waals surface area contributed by atoms with Gasteiger partial charge in [0.05, 0.1) is 26.7 Å². The summed E-state index contributed by atoms with van der Waals surface area (Å²) in [6.45, 7) is 6.62. The van der Waals surface area contributed by atoms with Crippen molar-refractivity contribution in [2.45, 2.75) is 96.8 Å². The van der Waals surface area contributed by atoms with Gasteiger partial charge in [0, 0.05) is 12.8 Å². The molecule has 0 bridgehead atoms. The summed E-state index contributed by atoms with van der Waals surface area (Å²) >= 11 is 0. The molecule has 1 aliphatic rings. The molecule has 0 unspecified atom stereocenters. The van der Waals surface area contributed by atoms with Gasteiger partial charge in [-0.15, -0.1) is 0 Å². The normalized spacial score (nSPS) is 16.9. The lowest BCUT2D eigenvalue weighted by atomic mass is 10.1. The Labute approximate surface area is 151 Å². The Kier molecular flexibility index (Phi) is 14.8. The van der Waals surface area contributed by atoms with Crippen LogP contribution in [-0.2, 0) is 0 Å². The first-order valence-corrected chi connectivity index (χ1v) is 9.60. The maximum absolute atomic E-state index is 2.46. The van der Waals surface area contributed by atoms with Crippen LogP contribution in [0.5, 0.6) is 0 Å². The summed E-state index contributed by atoms with van der Waals surface area (Å²) in [5.74, 6) is 0. The second-order valence-electron chi connectivity index (χ2n) is 7.39. The molecule has 0 N–H and O–H groups in total. The molecule has 1 rings (SSSR count).